The summed E-state index contributed by atoms with van der Waals surface area (Å²) in [5, 5.41) is 5.03. The van der Waals surface area contributed by atoms with Crippen LogP contribution in [-0.2, 0) is 20.0 Å². The fraction of sp³-hybridized carbons (Fsp3) is 0. The highest BCUT2D eigenvalue weighted by molar-refractivity contribution is 9.11. The van der Waals surface area contributed by atoms with Crippen molar-refractivity contribution in [2.24, 2.45) is 5.14 Å². The lowest BCUT2D eigenvalue weighted by atomic mass is 10.3. The molecule has 0 aliphatic heterocycles. The standard InChI is InChI=1S/C12H10Br2N2O4S2/c13-8-4-5-11(14)12(6-8)22(19,20)16-9-2-1-3-10(7-9)21(15,17)18/h1-7,16H,(H2,15,17,18). The van der Waals surface area contributed by atoms with E-state index in [4.69, 9.17) is 5.14 Å². The van der Waals surface area contributed by atoms with Gasteiger partial charge >= 0.3 is 0 Å². The second kappa shape index (κ2) is 6.28. The third-order valence-electron chi connectivity index (χ3n) is 2.60. The first kappa shape index (κ1) is 17.4. The zero-order valence-electron chi connectivity index (χ0n) is 10.8. The fourth-order valence-corrected chi connectivity index (χ4v) is 4.74. The number of hydrogen-bond donors (Lipinski definition) is 2. The van der Waals surface area contributed by atoms with Gasteiger partial charge < -0.3 is 0 Å². The quantitative estimate of drug-likeness (QED) is 0.717. The van der Waals surface area contributed by atoms with Crippen LogP contribution in [0.25, 0.3) is 0 Å². The predicted molar refractivity (Wildman–Crippen MR) is 90.5 cm³/mol. The molecule has 0 radical (unpaired) electrons. The second-order valence-electron chi connectivity index (χ2n) is 4.25. The molecule has 0 saturated carbocycles. The van der Waals surface area contributed by atoms with Crippen molar-refractivity contribution >= 4 is 57.6 Å². The van der Waals surface area contributed by atoms with Gasteiger partial charge in [0.1, 0.15) is 4.90 Å². The molecule has 2 aromatic rings. The average molecular weight is 470 g/mol. The first-order valence-electron chi connectivity index (χ1n) is 5.70. The Morgan fingerprint density at radius 2 is 1.64 bits per heavy atom. The molecule has 0 spiro atoms. The Morgan fingerprint density at radius 3 is 2.27 bits per heavy atom. The molecule has 3 N–H and O–H groups in total. The molecule has 0 heterocycles. The van der Waals surface area contributed by atoms with Gasteiger partial charge in [0.25, 0.3) is 10.0 Å². The summed E-state index contributed by atoms with van der Waals surface area (Å²) in [7, 11) is -7.80. The number of primary sulfonamides is 1. The molecular weight excluding hydrogens is 460 g/mol. The molecule has 10 heteroatoms. The molecule has 6 nitrogen and oxygen atoms in total. The van der Waals surface area contributed by atoms with Crippen molar-refractivity contribution in [1.82, 2.24) is 0 Å². The minimum Gasteiger partial charge on any atom is -0.280 e. The Kier molecular flexibility index (Phi) is 4.97. The molecule has 0 aliphatic carbocycles. The molecule has 0 fully saturated rings. The summed E-state index contributed by atoms with van der Waals surface area (Å²) in [4.78, 5) is -0.163. The predicted octanol–water partition coefficient (Wildman–Crippen LogP) is 2.66. The molecule has 2 rings (SSSR count). The maximum atomic E-state index is 12.4. The Balaban J connectivity index is 2.44. The third kappa shape index (κ3) is 4.07. The van der Waals surface area contributed by atoms with Crippen LogP contribution in [0, 0.1) is 0 Å². The maximum absolute atomic E-state index is 12.4. The number of benzene rings is 2. The van der Waals surface area contributed by atoms with Crippen molar-refractivity contribution in [3.8, 4) is 0 Å². The first-order valence-corrected chi connectivity index (χ1v) is 10.3. The van der Waals surface area contributed by atoms with Crippen LogP contribution >= 0.6 is 31.9 Å². The molecule has 0 aromatic heterocycles. The summed E-state index contributed by atoms with van der Waals surface area (Å²) >= 11 is 6.37. The van der Waals surface area contributed by atoms with E-state index >= 15 is 0 Å². The van der Waals surface area contributed by atoms with Crippen LogP contribution in [0.5, 0.6) is 0 Å². The number of nitrogens with two attached hydrogens (primary N) is 1. The Bertz CT molecular complexity index is 928. The van der Waals surface area contributed by atoms with Crippen molar-refractivity contribution in [3.05, 3.63) is 51.4 Å². The number of nitrogens with one attached hydrogen (secondary N) is 1. The molecular formula is C12H10Br2N2O4S2. The topological polar surface area (TPSA) is 106 Å². The lowest BCUT2D eigenvalue weighted by molar-refractivity contribution is 0.596. The molecule has 22 heavy (non-hydrogen) atoms. The minimum atomic E-state index is -3.91. The maximum Gasteiger partial charge on any atom is 0.263 e. The first-order chi connectivity index (χ1) is 10.1. The Labute approximate surface area is 145 Å². The molecule has 0 saturated heterocycles. The second-order valence-corrected chi connectivity index (χ2v) is 9.24. The van der Waals surface area contributed by atoms with Crippen LogP contribution in [0.2, 0.25) is 0 Å². The van der Waals surface area contributed by atoms with E-state index in [-0.39, 0.29) is 15.5 Å². The largest absolute Gasteiger partial charge is 0.280 e. The lowest BCUT2D eigenvalue weighted by Gasteiger charge is -2.11. The van der Waals surface area contributed by atoms with Crippen LogP contribution < -0.4 is 9.86 Å². The molecule has 0 unspecified atom stereocenters. The van der Waals surface area contributed by atoms with Gasteiger partial charge in [-0.05, 0) is 52.3 Å². The number of halogens is 2. The number of anilines is 1. The van der Waals surface area contributed by atoms with Gasteiger partial charge in [0.2, 0.25) is 10.0 Å². The number of rotatable bonds is 4. The van der Waals surface area contributed by atoms with Crippen LogP contribution in [0.3, 0.4) is 0 Å². The van der Waals surface area contributed by atoms with E-state index in [0.717, 1.165) is 6.07 Å². The molecule has 0 bridgehead atoms. The summed E-state index contributed by atoms with van der Waals surface area (Å²) in [6.45, 7) is 0. The highest BCUT2D eigenvalue weighted by Crippen LogP contribution is 2.27. The molecule has 0 amide bonds. The van der Waals surface area contributed by atoms with Crippen molar-refractivity contribution in [1.29, 1.82) is 0 Å². The van der Waals surface area contributed by atoms with Gasteiger partial charge in [0.05, 0.1) is 10.6 Å². The normalized spacial score (nSPS) is 12.1. The van der Waals surface area contributed by atoms with Gasteiger partial charge in [-0.15, -0.1) is 0 Å². The summed E-state index contributed by atoms with van der Waals surface area (Å²) < 4.78 is 50.7. The van der Waals surface area contributed by atoms with Gasteiger partial charge in [-0.3, -0.25) is 4.72 Å². The average Bonchev–Trinajstić information content (AvgIpc) is 2.40. The van der Waals surface area contributed by atoms with E-state index in [1.54, 1.807) is 12.1 Å². The minimum absolute atomic E-state index is 0.0166. The summed E-state index contributed by atoms with van der Waals surface area (Å²) in [6, 6.07) is 9.95. The summed E-state index contributed by atoms with van der Waals surface area (Å²) in [6.07, 6.45) is 0. The van der Waals surface area contributed by atoms with Crippen LogP contribution in [-0.4, -0.2) is 16.8 Å². The zero-order valence-corrected chi connectivity index (χ0v) is 15.6. The monoisotopic (exact) mass is 468 g/mol. The van der Waals surface area contributed by atoms with Gasteiger partial charge in [-0.1, -0.05) is 22.0 Å². The van der Waals surface area contributed by atoms with Crippen LogP contribution in [0.1, 0.15) is 0 Å². The van der Waals surface area contributed by atoms with Crippen LogP contribution in [0.4, 0.5) is 5.69 Å². The van der Waals surface area contributed by atoms with E-state index in [0.29, 0.717) is 8.95 Å². The summed E-state index contributed by atoms with van der Waals surface area (Å²) in [5.41, 5.74) is 0.0957. The van der Waals surface area contributed by atoms with E-state index in [1.165, 1.54) is 24.3 Å². The van der Waals surface area contributed by atoms with E-state index in [1.807, 2.05) is 0 Å². The van der Waals surface area contributed by atoms with Gasteiger partial charge in [0, 0.05) is 8.95 Å². The van der Waals surface area contributed by atoms with Crippen molar-refractivity contribution in [2.75, 3.05) is 4.72 Å². The van der Waals surface area contributed by atoms with E-state index in [9.17, 15) is 16.8 Å². The van der Waals surface area contributed by atoms with Crippen molar-refractivity contribution in [3.63, 3.8) is 0 Å². The fourth-order valence-electron chi connectivity index (χ4n) is 1.63. The summed E-state index contributed by atoms with van der Waals surface area (Å²) in [5.74, 6) is 0. The smallest absolute Gasteiger partial charge is 0.263 e. The van der Waals surface area contributed by atoms with Crippen LogP contribution in [0.15, 0.2) is 61.2 Å². The number of hydrogen-bond acceptors (Lipinski definition) is 4. The van der Waals surface area contributed by atoms with Gasteiger partial charge in [-0.25, -0.2) is 22.0 Å². The lowest BCUT2D eigenvalue weighted by Crippen LogP contribution is -2.15. The number of sulfonamides is 2. The SMILES string of the molecule is NS(=O)(=O)c1cccc(NS(=O)(=O)c2cc(Br)ccc2Br)c1. The molecule has 2 aromatic carbocycles. The van der Waals surface area contributed by atoms with E-state index in [2.05, 4.69) is 36.6 Å². The van der Waals surface area contributed by atoms with Crippen molar-refractivity contribution < 1.29 is 16.8 Å². The third-order valence-corrected chi connectivity index (χ3v) is 6.38. The molecule has 0 atom stereocenters. The molecule has 0 aliphatic rings. The highest BCUT2D eigenvalue weighted by atomic mass is 79.9. The highest BCUT2D eigenvalue weighted by Gasteiger charge is 2.19. The van der Waals surface area contributed by atoms with Gasteiger partial charge in [-0.2, -0.15) is 0 Å². The molecule has 118 valence electrons. The van der Waals surface area contributed by atoms with E-state index < -0.39 is 20.0 Å². The Morgan fingerprint density at radius 1 is 0.955 bits per heavy atom. The van der Waals surface area contributed by atoms with Gasteiger partial charge in [0.15, 0.2) is 0 Å². The zero-order chi connectivity index (χ0) is 16.5. The Hall–Kier alpha value is -0.940. The van der Waals surface area contributed by atoms with Crippen molar-refractivity contribution in [2.45, 2.75) is 9.79 Å².